The van der Waals surface area contributed by atoms with E-state index >= 15 is 0 Å². The molecule has 0 radical (unpaired) electrons. The van der Waals surface area contributed by atoms with Gasteiger partial charge in [-0.15, -0.1) is 0 Å². The lowest BCUT2D eigenvalue weighted by Crippen LogP contribution is -2.15. The van der Waals surface area contributed by atoms with E-state index in [1.54, 1.807) is 12.1 Å². The average molecular weight is 299 g/mol. The minimum atomic E-state index is -0.144. The van der Waals surface area contributed by atoms with Gasteiger partial charge in [-0.25, -0.2) is 4.98 Å². The van der Waals surface area contributed by atoms with Crippen LogP contribution in [0.25, 0.3) is 0 Å². The van der Waals surface area contributed by atoms with Gasteiger partial charge in [0.15, 0.2) is 5.84 Å². The summed E-state index contributed by atoms with van der Waals surface area (Å²) in [6.45, 7) is 0. The Bertz CT molecular complexity index is 634. The Hall–Kier alpha value is -2.05. The van der Waals surface area contributed by atoms with Crippen LogP contribution in [-0.4, -0.2) is 21.0 Å². The van der Waals surface area contributed by atoms with Gasteiger partial charge in [0.2, 0.25) is 0 Å². The van der Waals surface area contributed by atoms with Gasteiger partial charge in [-0.3, -0.25) is 0 Å². The summed E-state index contributed by atoms with van der Waals surface area (Å²) in [5.74, 6) is 0.206. The molecular weight excluding hydrogens is 291 g/mol. The molecule has 0 saturated carbocycles. The van der Waals surface area contributed by atoms with Crippen LogP contribution in [0.2, 0.25) is 10.0 Å². The quantitative estimate of drug-likeness (QED) is 0.393. The van der Waals surface area contributed by atoms with Crippen molar-refractivity contribution >= 4 is 29.0 Å². The number of amidine groups is 1. The van der Waals surface area contributed by atoms with E-state index < -0.39 is 0 Å². The van der Waals surface area contributed by atoms with Crippen molar-refractivity contribution in [1.29, 1.82) is 0 Å². The predicted molar refractivity (Wildman–Crippen MR) is 71.1 cm³/mol. The van der Waals surface area contributed by atoms with Gasteiger partial charge >= 0.3 is 6.01 Å². The minimum absolute atomic E-state index is 0.0216. The first-order chi connectivity index (χ1) is 9.10. The molecule has 6 nitrogen and oxygen atoms in total. The van der Waals surface area contributed by atoms with Gasteiger partial charge in [-0.2, -0.15) is 4.98 Å². The molecular formula is C11H8Cl2N4O2. The SMILES string of the molecule is N/C(=N/O)c1ccnc(Oc2ccc(Cl)cc2Cl)n1. The summed E-state index contributed by atoms with van der Waals surface area (Å²) in [5, 5.41) is 12.2. The summed E-state index contributed by atoms with van der Waals surface area (Å²) in [4.78, 5) is 7.86. The number of nitrogens with zero attached hydrogens (tertiary/aromatic N) is 3. The lowest BCUT2D eigenvalue weighted by Gasteiger charge is -2.06. The van der Waals surface area contributed by atoms with Crippen LogP contribution in [0.3, 0.4) is 0 Å². The predicted octanol–water partition coefficient (Wildman–Crippen LogP) is 2.67. The average Bonchev–Trinajstić information content (AvgIpc) is 2.41. The molecule has 0 bridgehead atoms. The van der Waals surface area contributed by atoms with Gasteiger partial charge < -0.3 is 15.7 Å². The Labute approximate surface area is 118 Å². The van der Waals surface area contributed by atoms with Gasteiger partial charge in [-0.1, -0.05) is 28.4 Å². The van der Waals surface area contributed by atoms with Gasteiger partial charge in [0.1, 0.15) is 11.4 Å². The molecule has 8 heteroatoms. The Morgan fingerprint density at radius 3 is 2.79 bits per heavy atom. The first-order valence-corrected chi connectivity index (χ1v) is 5.79. The number of ether oxygens (including phenoxy) is 1. The molecule has 2 aromatic rings. The summed E-state index contributed by atoms with van der Waals surface area (Å²) in [7, 11) is 0. The van der Waals surface area contributed by atoms with E-state index in [-0.39, 0.29) is 17.5 Å². The summed E-state index contributed by atoms with van der Waals surface area (Å²) in [6, 6.07) is 6.24. The van der Waals surface area contributed by atoms with Crippen LogP contribution in [0, 0.1) is 0 Å². The molecule has 0 aliphatic rings. The van der Waals surface area contributed by atoms with Crippen molar-refractivity contribution in [3.8, 4) is 11.8 Å². The number of hydrogen-bond donors (Lipinski definition) is 2. The first kappa shape index (κ1) is 13.4. The fourth-order valence-corrected chi connectivity index (χ4v) is 1.69. The third-order valence-electron chi connectivity index (χ3n) is 2.10. The summed E-state index contributed by atoms with van der Waals surface area (Å²) < 4.78 is 5.39. The molecule has 0 saturated heterocycles. The van der Waals surface area contributed by atoms with E-state index in [4.69, 9.17) is 38.9 Å². The molecule has 0 aliphatic heterocycles. The molecule has 3 N–H and O–H groups in total. The van der Waals surface area contributed by atoms with Crippen molar-refractivity contribution in [2.75, 3.05) is 0 Å². The number of rotatable bonds is 3. The molecule has 0 unspecified atom stereocenters. The van der Waals surface area contributed by atoms with Crippen LogP contribution in [0.4, 0.5) is 0 Å². The Morgan fingerprint density at radius 1 is 1.32 bits per heavy atom. The molecule has 0 spiro atoms. The normalized spacial score (nSPS) is 11.4. The molecule has 19 heavy (non-hydrogen) atoms. The van der Waals surface area contributed by atoms with Crippen molar-refractivity contribution in [3.05, 3.63) is 46.2 Å². The van der Waals surface area contributed by atoms with Gasteiger partial charge in [0, 0.05) is 11.2 Å². The number of aromatic nitrogens is 2. The molecule has 0 amide bonds. The maximum Gasteiger partial charge on any atom is 0.322 e. The topological polar surface area (TPSA) is 93.6 Å². The van der Waals surface area contributed by atoms with Gasteiger partial charge in [0.25, 0.3) is 0 Å². The number of halogens is 2. The second-order valence-corrected chi connectivity index (χ2v) is 4.23. The van der Waals surface area contributed by atoms with E-state index in [1.165, 1.54) is 18.3 Å². The summed E-state index contributed by atoms with van der Waals surface area (Å²) in [5.41, 5.74) is 5.65. The third kappa shape index (κ3) is 3.24. The second kappa shape index (κ2) is 5.73. The van der Waals surface area contributed by atoms with Gasteiger partial charge in [0.05, 0.1) is 5.02 Å². The zero-order valence-electron chi connectivity index (χ0n) is 9.42. The third-order valence-corrected chi connectivity index (χ3v) is 2.63. The number of nitrogens with two attached hydrogens (primary N) is 1. The molecule has 0 fully saturated rings. The Morgan fingerprint density at radius 2 is 2.11 bits per heavy atom. The highest BCUT2D eigenvalue weighted by molar-refractivity contribution is 6.35. The van der Waals surface area contributed by atoms with E-state index in [0.29, 0.717) is 15.8 Å². The number of hydrogen-bond acceptors (Lipinski definition) is 5. The van der Waals surface area contributed by atoms with Crippen molar-refractivity contribution in [3.63, 3.8) is 0 Å². The molecule has 1 aromatic carbocycles. The van der Waals surface area contributed by atoms with Crippen LogP contribution in [0.15, 0.2) is 35.6 Å². The smallest absolute Gasteiger partial charge is 0.322 e. The first-order valence-electron chi connectivity index (χ1n) is 5.04. The van der Waals surface area contributed by atoms with Crippen molar-refractivity contribution < 1.29 is 9.94 Å². The molecule has 98 valence electrons. The van der Waals surface area contributed by atoms with Crippen LogP contribution in [0.5, 0.6) is 11.8 Å². The maximum atomic E-state index is 8.57. The maximum absolute atomic E-state index is 8.57. The van der Waals surface area contributed by atoms with E-state index in [0.717, 1.165) is 0 Å². The highest BCUT2D eigenvalue weighted by Crippen LogP contribution is 2.30. The largest absolute Gasteiger partial charge is 0.423 e. The zero-order chi connectivity index (χ0) is 13.8. The van der Waals surface area contributed by atoms with E-state index in [9.17, 15) is 0 Å². The molecule has 1 heterocycles. The van der Waals surface area contributed by atoms with Crippen molar-refractivity contribution in [2.45, 2.75) is 0 Å². The lowest BCUT2D eigenvalue weighted by atomic mass is 10.3. The minimum Gasteiger partial charge on any atom is -0.423 e. The molecule has 0 atom stereocenters. The highest BCUT2D eigenvalue weighted by atomic mass is 35.5. The number of benzene rings is 1. The molecule has 0 aliphatic carbocycles. The van der Waals surface area contributed by atoms with Crippen LogP contribution >= 0.6 is 23.2 Å². The van der Waals surface area contributed by atoms with Gasteiger partial charge in [-0.05, 0) is 24.3 Å². The Balaban J connectivity index is 2.28. The lowest BCUT2D eigenvalue weighted by molar-refractivity contribution is 0.318. The fraction of sp³-hybridized carbons (Fsp3) is 0. The monoisotopic (exact) mass is 298 g/mol. The number of oxime groups is 1. The van der Waals surface area contributed by atoms with Crippen LogP contribution in [-0.2, 0) is 0 Å². The zero-order valence-corrected chi connectivity index (χ0v) is 10.9. The van der Waals surface area contributed by atoms with Crippen molar-refractivity contribution in [2.24, 2.45) is 10.9 Å². The Kier molecular flexibility index (Phi) is 4.03. The summed E-state index contributed by atoms with van der Waals surface area (Å²) in [6.07, 6.45) is 1.42. The van der Waals surface area contributed by atoms with E-state index in [1.807, 2.05) is 0 Å². The molecule has 2 rings (SSSR count). The fourth-order valence-electron chi connectivity index (χ4n) is 1.24. The summed E-state index contributed by atoms with van der Waals surface area (Å²) >= 11 is 11.7. The highest BCUT2D eigenvalue weighted by Gasteiger charge is 2.08. The van der Waals surface area contributed by atoms with Crippen LogP contribution < -0.4 is 10.5 Å². The van der Waals surface area contributed by atoms with Crippen LogP contribution in [0.1, 0.15) is 5.69 Å². The second-order valence-electron chi connectivity index (χ2n) is 3.39. The van der Waals surface area contributed by atoms with Crippen molar-refractivity contribution in [1.82, 2.24) is 9.97 Å². The molecule has 1 aromatic heterocycles. The standard InChI is InChI=1S/C11H8Cl2N4O2/c12-6-1-2-9(7(13)5-6)19-11-15-4-3-8(16-11)10(14)17-18/h1-5,18H,(H2,14,17). The van der Waals surface area contributed by atoms with E-state index in [2.05, 4.69) is 15.1 Å².